The van der Waals surface area contributed by atoms with Crippen molar-refractivity contribution in [1.82, 2.24) is 0 Å². The molecule has 1 nitrogen and oxygen atoms in total. The highest BCUT2D eigenvalue weighted by Gasteiger charge is 2.24. The van der Waals surface area contributed by atoms with Gasteiger partial charge < -0.3 is 0 Å². The fourth-order valence-electron chi connectivity index (χ4n) is 1.77. The summed E-state index contributed by atoms with van der Waals surface area (Å²) in [5, 5.41) is 0. The first kappa shape index (κ1) is 5.30. The Morgan fingerprint density at radius 3 is 2.73 bits per heavy atom. The zero-order chi connectivity index (χ0) is 7.26. The van der Waals surface area contributed by atoms with Gasteiger partial charge in [-0.15, -0.1) is 0 Å². The van der Waals surface area contributed by atoms with Gasteiger partial charge in [-0.3, -0.25) is 4.99 Å². The molecule has 1 aromatic rings. The number of allylic oxidation sites excluding steroid dienone is 1. The van der Waals surface area contributed by atoms with Crippen LogP contribution >= 0.6 is 0 Å². The van der Waals surface area contributed by atoms with Gasteiger partial charge in [-0.2, -0.15) is 0 Å². The Kier molecular flexibility index (Phi) is 0.779. The maximum atomic E-state index is 4.30. The largest absolute Gasteiger partial charge is 0.260 e. The zero-order valence-electron chi connectivity index (χ0n) is 6.04. The van der Waals surface area contributed by atoms with Crippen LogP contribution in [0.1, 0.15) is 17.5 Å². The molecule has 1 heteroatoms. The highest BCUT2D eigenvalue weighted by molar-refractivity contribution is 6.17. The minimum atomic E-state index is 1.05. The number of hydrogen-bond acceptors (Lipinski definition) is 1. The smallest absolute Gasteiger partial charge is 0.0526 e. The Hall–Kier alpha value is -1.37. The van der Waals surface area contributed by atoms with Crippen molar-refractivity contribution in [1.29, 1.82) is 0 Å². The van der Waals surface area contributed by atoms with Gasteiger partial charge in [0.2, 0.25) is 0 Å². The monoisotopic (exact) mass is 141 g/mol. The molecule has 0 fully saturated rings. The minimum absolute atomic E-state index is 1.05. The molecule has 1 aliphatic carbocycles. The number of rotatable bonds is 0. The highest BCUT2D eigenvalue weighted by atomic mass is 14.8. The summed E-state index contributed by atoms with van der Waals surface area (Å²) in [7, 11) is 0. The van der Waals surface area contributed by atoms with E-state index in [9.17, 15) is 0 Å². The summed E-state index contributed by atoms with van der Waals surface area (Å²) < 4.78 is 0. The summed E-state index contributed by atoms with van der Waals surface area (Å²) >= 11 is 0. The normalized spacial score (nSPS) is 17.8. The van der Waals surface area contributed by atoms with Crippen molar-refractivity contribution in [3.8, 4) is 0 Å². The van der Waals surface area contributed by atoms with E-state index < -0.39 is 0 Å². The minimum Gasteiger partial charge on any atom is -0.260 e. The fraction of sp³-hybridized carbons (Fsp3) is 0.100. The maximum absolute atomic E-state index is 4.30. The first-order valence-electron chi connectivity index (χ1n) is 3.80. The number of hydrogen-bond donors (Lipinski definition) is 0. The van der Waals surface area contributed by atoms with Crippen molar-refractivity contribution >= 4 is 11.3 Å². The van der Waals surface area contributed by atoms with Gasteiger partial charge in [0, 0.05) is 18.2 Å². The van der Waals surface area contributed by atoms with E-state index in [0.717, 1.165) is 6.42 Å². The lowest BCUT2D eigenvalue weighted by molar-refractivity contribution is 1.52. The predicted octanol–water partition coefficient (Wildman–Crippen LogP) is 2.23. The van der Waals surface area contributed by atoms with Crippen LogP contribution < -0.4 is 0 Å². The van der Waals surface area contributed by atoms with Gasteiger partial charge in [0.15, 0.2) is 0 Å². The molecule has 2 aliphatic rings. The first-order chi connectivity index (χ1) is 5.45. The topological polar surface area (TPSA) is 12.4 Å². The number of fused-ring (bicyclic) bond motifs is 5. The Bertz CT molecular complexity index is 349. The van der Waals surface area contributed by atoms with Crippen LogP contribution in [0.15, 0.2) is 35.5 Å². The van der Waals surface area contributed by atoms with Crippen molar-refractivity contribution in [2.45, 2.75) is 6.42 Å². The van der Waals surface area contributed by atoms with Crippen LogP contribution in [-0.4, -0.2) is 5.71 Å². The first-order valence-corrected chi connectivity index (χ1v) is 3.80. The third-order valence-corrected chi connectivity index (χ3v) is 2.32. The van der Waals surface area contributed by atoms with E-state index in [-0.39, 0.29) is 0 Å². The average molecular weight is 141 g/mol. The molecule has 3 rings (SSSR count). The van der Waals surface area contributed by atoms with Gasteiger partial charge in [-0.05, 0) is 11.1 Å². The van der Waals surface area contributed by atoms with Crippen molar-refractivity contribution in [2.75, 3.05) is 0 Å². The van der Waals surface area contributed by atoms with Crippen LogP contribution in [-0.2, 0) is 0 Å². The fourth-order valence-corrected chi connectivity index (χ4v) is 1.77. The third-order valence-electron chi connectivity index (χ3n) is 2.32. The van der Waals surface area contributed by atoms with Crippen molar-refractivity contribution in [3.05, 3.63) is 41.6 Å². The van der Waals surface area contributed by atoms with Gasteiger partial charge >= 0.3 is 0 Å². The summed E-state index contributed by atoms with van der Waals surface area (Å²) in [4.78, 5) is 4.30. The Labute approximate surface area is 65.1 Å². The molecule has 0 atom stereocenters. The van der Waals surface area contributed by atoms with Crippen LogP contribution in [0.4, 0.5) is 0 Å². The quantitative estimate of drug-likeness (QED) is 0.525. The van der Waals surface area contributed by atoms with Crippen LogP contribution in [0.25, 0.3) is 5.57 Å². The lowest BCUT2D eigenvalue weighted by Crippen LogP contribution is -1.91. The molecule has 0 aromatic heterocycles. The zero-order valence-corrected chi connectivity index (χ0v) is 6.04. The number of aliphatic imine (C=N–C) groups is 1. The maximum Gasteiger partial charge on any atom is 0.0526 e. The molecule has 1 aromatic carbocycles. The van der Waals surface area contributed by atoms with Gasteiger partial charge in [-0.1, -0.05) is 24.3 Å². The Morgan fingerprint density at radius 1 is 1.09 bits per heavy atom. The molecule has 0 spiro atoms. The molecule has 0 radical (unpaired) electrons. The Morgan fingerprint density at radius 2 is 1.91 bits per heavy atom. The molecule has 1 aliphatic heterocycles. The van der Waals surface area contributed by atoms with Gasteiger partial charge in [0.25, 0.3) is 0 Å². The summed E-state index contributed by atoms with van der Waals surface area (Å²) in [6.45, 7) is 0. The predicted molar refractivity (Wildman–Crippen MR) is 45.6 cm³/mol. The summed E-state index contributed by atoms with van der Waals surface area (Å²) in [5.41, 5.74) is 5.36. The summed E-state index contributed by atoms with van der Waals surface area (Å²) in [6, 6.07) is 8.47. The lowest BCUT2D eigenvalue weighted by atomic mass is 10.1. The summed E-state index contributed by atoms with van der Waals surface area (Å²) in [5.74, 6) is 0. The molecule has 0 N–H and O–H groups in total. The molecule has 0 unspecified atom stereocenters. The molecule has 52 valence electrons. The van der Waals surface area contributed by atoms with Crippen LogP contribution in [0.3, 0.4) is 0 Å². The van der Waals surface area contributed by atoms with E-state index in [1.165, 1.54) is 22.4 Å². The van der Waals surface area contributed by atoms with Gasteiger partial charge in [0.05, 0.1) is 5.71 Å². The van der Waals surface area contributed by atoms with Gasteiger partial charge in [0.1, 0.15) is 0 Å². The van der Waals surface area contributed by atoms with E-state index in [2.05, 4.69) is 29.3 Å². The second kappa shape index (κ2) is 1.62. The molecular weight excluding hydrogens is 134 g/mol. The number of nitrogens with zero attached hydrogens (tertiary/aromatic N) is 1. The SMILES string of the molecule is C1=C2CC(=N1)c1ccccc12. The van der Waals surface area contributed by atoms with Crippen LogP contribution in [0.5, 0.6) is 0 Å². The lowest BCUT2D eigenvalue weighted by Gasteiger charge is -2.00. The second-order valence-corrected chi connectivity index (χ2v) is 2.95. The standard InChI is InChI=1S/C10H7N/c1-2-4-9-8(3-1)7-5-10(9)11-6-7/h1-4,6H,5H2. The van der Waals surface area contributed by atoms with Crippen molar-refractivity contribution < 1.29 is 0 Å². The molecule has 1 heterocycles. The molecular formula is C10H7N. The second-order valence-electron chi connectivity index (χ2n) is 2.95. The molecule has 11 heavy (non-hydrogen) atoms. The van der Waals surface area contributed by atoms with Gasteiger partial charge in [-0.25, -0.2) is 0 Å². The van der Waals surface area contributed by atoms with E-state index in [4.69, 9.17) is 0 Å². The van der Waals surface area contributed by atoms with E-state index in [1.54, 1.807) is 0 Å². The Balaban J connectivity index is 2.41. The molecule has 0 saturated heterocycles. The molecule has 2 bridgehead atoms. The number of benzene rings is 1. The van der Waals surface area contributed by atoms with E-state index in [1.807, 2.05) is 6.20 Å². The molecule has 0 saturated carbocycles. The van der Waals surface area contributed by atoms with E-state index in [0.29, 0.717) is 0 Å². The van der Waals surface area contributed by atoms with Crippen LogP contribution in [0.2, 0.25) is 0 Å². The summed E-state index contributed by atoms with van der Waals surface area (Å²) in [6.07, 6.45) is 3.04. The van der Waals surface area contributed by atoms with Crippen LogP contribution in [0, 0.1) is 0 Å². The average Bonchev–Trinajstić information content (AvgIpc) is 2.64. The van der Waals surface area contributed by atoms with Crippen molar-refractivity contribution in [2.24, 2.45) is 4.99 Å². The molecule has 0 amide bonds. The third kappa shape index (κ3) is 0.535. The van der Waals surface area contributed by atoms with E-state index >= 15 is 0 Å². The highest BCUT2D eigenvalue weighted by Crippen LogP contribution is 2.36. The van der Waals surface area contributed by atoms with Crippen molar-refractivity contribution in [3.63, 3.8) is 0 Å².